The van der Waals surface area contributed by atoms with Crippen LogP contribution >= 0.6 is 22.9 Å². The molecule has 8 heavy (non-hydrogen) atoms. The van der Waals surface area contributed by atoms with Crippen molar-refractivity contribution in [1.82, 2.24) is 0 Å². The van der Waals surface area contributed by atoms with Gasteiger partial charge in [0.2, 0.25) is 0 Å². The molecule has 0 unspecified atom stereocenters. The first kappa shape index (κ1) is 6.12. The minimum atomic E-state index is 0.176. The van der Waals surface area contributed by atoms with Crippen molar-refractivity contribution in [2.45, 2.75) is 12.3 Å². The van der Waals surface area contributed by atoms with E-state index in [1.165, 1.54) is 4.88 Å². The molecule has 0 fully saturated rings. The van der Waals surface area contributed by atoms with E-state index >= 15 is 0 Å². The van der Waals surface area contributed by atoms with Crippen LogP contribution in [-0.2, 0) is 0 Å². The van der Waals surface area contributed by atoms with E-state index in [1.54, 1.807) is 11.3 Å². The number of halogens is 1. The van der Waals surface area contributed by atoms with Gasteiger partial charge in [-0.15, -0.1) is 22.9 Å². The third-order valence-electron chi connectivity index (χ3n) is 0.935. The lowest BCUT2D eigenvalue weighted by molar-refractivity contribution is 1.12. The van der Waals surface area contributed by atoms with Gasteiger partial charge < -0.3 is 0 Å². The average molecular weight is 147 g/mol. The van der Waals surface area contributed by atoms with Gasteiger partial charge in [-0.3, -0.25) is 0 Å². The van der Waals surface area contributed by atoms with Gasteiger partial charge in [0.15, 0.2) is 0 Å². The summed E-state index contributed by atoms with van der Waals surface area (Å²) in [4.78, 5) is 1.24. The number of thiophene rings is 1. The highest BCUT2D eigenvalue weighted by Gasteiger charge is 1.98. The van der Waals surface area contributed by atoms with Crippen molar-refractivity contribution in [3.05, 3.63) is 22.4 Å². The first-order chi connectivity index (χ1) is 3.80. The maximum atomic E-state index is 5.75. The molecule has 0 spiro atoms. The Balaban J connectivity index is 2.77. The Labute approximate surface area is 58.1 Å². The predicted molar refractivity (Wildman–Crippen MR) is 38.6 cm³/mol. The van der Waals surface area contributed by atoms with Gasteiger partial charge in [-0.1, -0.05) is 6.07 Å². The third kappa shape index (κ3) is 1.23. The molecular weight excluding hydrogens is 140 g/mol. The molecule has 0 N–H and O–H groups in total. The Kier molecular flexibility index (Phi) is 1.92. The summed E-state index contributed by atoms with van der Waals surface area (Å²) in [5, 5.41) is 2.21. The van der Waals surface area contributed by atoms with Crippen LogP contribution < -0.4 is 0 Å². The molecule has 0 radical (unpaired) electrons. The molecule has 0 amide bonds. The molecule has 0 saturated carbocycles. The van der Waals surface area contributed by atoms with E-state index in [4.69, 9.17) is 11.6 Å². The lowest BCUT2D eigenvalue weighted by Gasteiger charge is -1.92. The summed E-state index contributed by atoms with van der Waals surface area (Å²) in [5.74, 6) is 0. The van der Waals surface area contributed by atoms with Gasteiger partial charge in [-0.2, -0.15) is 0 Å². The van der Waals surface area contributed by atoms with E-state index < -0.39 is 0 Å². The highest BCUT2D eigenvalue weighted by molar-refractivity contribution is 7.10. The highest BCUT2D eigenvalue weighted by Crippen LogP contribution is 2.23. The van der Waals surface area contributed by atoms with Crippen molar-refractivity contribution in [3.63, 3.8) is 0 Å². The predicted octanol–water partition coefficient (Wildman–Crippen LogP) is 3.05. The number of alkyl halides is 1. The van der Waals surface area contributed by atoms with Crippen LogP contribution in [0, 0.1) is 0 Å². The van der Waals surface area contributed by atoms with Crippen LogP contribution in [0.15, 0.2) is 17.5 Å². The Morgan fingerprint density at radius 2 is 2.50 bits per heavy atom. The van der Waals surface area contributed by atoms with Crippen LogP contribution in [0.2, 0.25) is 0 Å². The smallest absolute Gasteiger partial charge is 0.0650 e. The quantitative estimate of drug-likeness (QED) is 0.535. The molecule has 1 heterocycles. The van der Waals surface area contributed by atoms with E-state index in [0.29, 0.717) is 0 Å². The zero-order valence-electron chi connectivity index (χ0n) is 4.60. The van der Waals surface area contributed by atoms with Crippen LogP contribution in [0.25, 0.3) is 0 Å². The number of hydrogen-bond acceptors (Lipinski definition) is 1. The fraction of sp³-hybridized carbons (Fsp3) is 0.333. The molecule has 0 saturated heterocycles. The molecular formula is C6H7ClS. The normalized spacial score (nSPS) is 13.8. The molecule has 0 aliphatic carbocycles. The van der Waals surface area contributed by atoms with E-state index in [2.05, 4.69) is 0 Å². The minimum Gasteiger partial charge on any atom is -0.147 e. The van der Waals surface area contributed by atoms with Crippen molar-refractivity contribution < 1.29 is 0 Å². The molecule has 2 heteroatoms. The van der Waals surface area contributed by atoms with Crippen LogP contribution in [0.4, 0.5) is 0 Å². The largest absolute Gasteiger partial charge is 0.147 e. The van der Waals surface area contributed by atoms with Crippen molar-refractivity contribution in [2.24, 2.45) is 0 Å². The Morgan fingerprint density at radius 3 is 2.75 bits per heavy atom. The Morgan fingerprint density at radius 1 is 1.75 bits per heavy atom. The number of rotatable bonds is 1. The first-order valence-corrected chi connectivity index (χ1v) is 3.80. The van der Waals surface area contributed by atoms with E-state index in [-0.39, 0.29) is 5.38 Å². The molecule has 1 atom stereocenters. The monoisotopic (exact) mass is 146 g/mol. The number of hydrogen-bond donors (Lipinski definition) is 0. The summed E-state index contributed by atoms with van der Waals surface area (Å²) in [6, 6.07) is 4.06. The summed E-state index contributed by atoms with van der Waals surface area (Å²) in [6.45, 7) is 1.98. The molecule has 44 valence electrons. The SMILES string of the molecule is C[C@H](Cl)c1cccs1. The Bertz CT molecular complexity index is 144. The molecule has 0 aromatic carbocycles. The molecule has 1 rings (SSSR count). The fourth-order valence-electron chi connectivity index (χ4n) is 0.518. The van der Waals surface area contributed by atoms with Gasteiger partial charge in [0.25, 0.3) is 0 Å². The summed E-state index contributed by atoms with van der Waals surface area (Å²) in [7, 11) is 0. The average Bonchev–Trinajstić information content (AvgIpc) is 2.12. The van der Waals surface area contributed by atoms with Crippen molar-refractivity contribution >= 4 is 22.9 Å². The van der Waals surface area contributed by atoms with Crippen molar-refractivity contribution in [1.29, 1.82) is 0 Å². The zero-order valence-corrected chi connectivity index (χ0v) is 6.17. The van der Waals surface area contributed by atoms with E-state index in [1.807, 2.05) is 24.4 Å². The van der Waals surface area contributed by atoms with Gasteiger partial charge in [-0.25, -0.2) is 0 Å². The van der Waals surface area contributed by atoms with Gasteiger partial charge in [-0.05, 0) is 18.4 Å². The maximum absolute atomic E-state index is 5.75. The first-order valence-electron chi connectivity index (χ1n) is 2.48. The van der Waals surface area contributed by atoms with Gasteiger partial charge in [0.1, 0.15) is 0 Å². The summed E-state index contributed by atoms with van der Waals surface area (Å²) in [6.07, 6.45) is 0. The zero-order chi connectivity index (χ0) is 5.98. The lowest BCUT2D eigenvalue weighted by Crippen LogP contribution is -1.72. The van der Waals surface area contributed by atoms with Crippen LogP contribution in [0.1, 0.15) is 17.2 Å². The second kappa shape index (κ2) is 2.51. The maximum Gasteiger partial charge on any atom is 0.0650 e. The van der Waals surface area contributed by atoms with Gasteiger partial charge in [0.05, 0.1) is 5.38 Å². The summed E-state index contributed by atoms with van der Waals surface area (Å²) in [5.41, 5.74) is 0. The second-order valence-electron chi connectivity index (χ2n) is 1.63. The standard InChI is InChI=1S/C6H7ClS/c1-5(7)6-3-2-4-8-6/h2-5H,1H3/t5-/m0/s1. The third-order valence-corrected chi connectivity index (χ3v) is 2.35. The van der Waals surface area contributed by atoms with Crippen molar-refractivity contribution in [2.75, 3.05) is 0 Å². The lowest BCUT2D eigenvalue weighted by atomic mass is 10.4. The van der Waals surface area contributed by atoms with E-state index in [9.17, 15) is 0 Å². The van der Waals surface area contributed by atoms with Crippen LogP contribution in [-0.4, -0.2) is 0 Å². The molecule has 1 aromatic heterocycles. The van der Waals surface area contributed by atoms with Gasteiger partial charge >= 0.3 is 0 Å². The molecule has 0 aliphatic rings. The minimum absolute atomic E-state index is 0.176. The second-order valence-corrected chi connectivity index (χ2v) is 3.27. The fourth-order valence-corrected chi connectivity index (χ4v) is 1.40. The molecule has 0 bridgehead atoms. The molecule has 1 aromatic rings. The Hall–Kier alpha value is -0.0100. The van der Waals surface area contributed by atoms with Crippen LogP contribution in [0.5, 0.6) is 0 Å². The van der Waals surface area contributed by atoms with E-state index in [0.717, 1.165) is 0 Å². The van der Waals surface area contributed by atoms with Crippen LogP contribution in [0.3, 0.4) is 0 Å². The highest BCUT2D eigenvalue weighted by atomic mass is 35.5. The summed E-state index contributed by atoms with van der Waals surface area (Å²) < 4.78 is 0. The molecule has 0 nitrogen and oxygen atoms in total. The van der Waals surface area contributed by atoms with Gasteiger partial charge in [0, 0.05) is 4.88 Å². The topological polar surface area (TPSA) is 0 Å². The van der Waals surface area contributed by atoms with Crippen molar-refractivity contribution in [3.8, 4) is 0 Å². The molecule has 0 aliphatic heterocycles. The summed E-state index contributed by atoms with van der Waals surface area (Å²) >= 11 is 7.45.